The summed E-state index contributed by atoms with van der Waals surface area (Å²) in [5.41, 5.74) is 2.38. The van der Waals surface area contributed by atoms with Crippen molar-refractivity contribution < 1.29 is 0 Å². The zero-order valence-corrected chi connectivity index (χ0v) is 9.01. The highest BCUT2D eigenvalue weighted by Gasteiger charge is 2.02. The van der Waals surface area contributed by atoms with Crippen LogP contribution >= 0.6 is 15.9 Å². The Morgan fingerprint density at radius 1 is 1.38 bits per heavy atom. The molecule has 0 fully saturated rings. The Balaban J connectivity index is 2.83. The molecule has 0 saturated heterocycles. The first-order valence-electron chi connectivity index (χ1n) is 4.10. The maximum atomic E-state index is 3.78. The van der Waals surface area contributed by atoms with Gasteiger partial charge in [-0.15, -0.1) is 0 Å². The zero-order chi connectivity index (χ0) is 9.42. The van der Waals surface area contributed by atoms with E-state index in [1.165, 1.54) is 10.9 Å². The molecule has 2 heteroatoms. The summed E-state index contributed by atoms with van der Waals surface area (Å²) >= 11 is 3.45. The Morgan fingerprint density at radius 2 is 2.15 bits per heavy atom. The van der Waals surface area contributed by atoms with Crippen molar-refractivity contribution >= 4 is 32.9 Å². The van der Waals surface area contributed by atoms with E-state index in [1.807, 2.05) is 13.1 Å². The first kappa shape index (κ1) is 8.57. The Kier molecular flexibility index (Phi) is 2.00. The number of aryl methyl sites for hydroxylation is 1. The predicted molar refractivity (Wildman–Crippen MR) is 60.7 cm³/mol. The van der Waals surface area contributed by atoms with Crippen molar-refractivity contribution in [3.8, 4) is 0 Å². The first-order valence-corrected chi connectivity index (χ1v) is 4.89. The number of hydrogen-bond acceptors (Lipinski definition) is 0. The third kappa shape index (κ3) is 1.31. The number of nitrogens with zero attached hydrogens (tertiary/aromatic N) is 1. The summed E-state index contributed by atoms with van der Waals surface area (Å²) in [5.74, 6) is 0. The molecule has 0 aliphatic rings. The Labute approximate surface area is 85.8 Å². The van der Waals surface area contributed by atoms with Gasteiger partial charge < -0.3 is 4.57 Å². The molecule has 0 aliphatic carbocycles. The van der Waals surface area contributed by atoms with Crippen LogP contribution < -0.4 is 0 Å². The lowest BCUT2D eigenvalue weighted by molar-refractivity contribution is 0.955. The zero-order valence-electron chi connectivity index (χ0n) is 7.42. The molecule has 1 heterocycles. The summed E-state index contributed by atoms with van der Waals surface area (Å²) in [6.07, 6.45) is 1.87. The fourth-order valence-corrected chi connectivity index (χ4v) is 1.92. The van der Waals surface area contributed by atoms with E-state index in [4.69, 9.17) is 0 Å². The van der Waals surface area contributed by atoms with Crippen molar-refractivity contribution in [1.82, 2.24) is 4.57 Å². The molecule has 0 spiro atoms. The van der Waals surface area contributed by atoms with Gasteiger partial charge in [0.1, 0.15) is 0 Å². The second-order valence-electron chi connectivity index (χ2n) is 3.04. The molecular weight excluding hydrogens is 226 g/mol. The lowest BCUT2D eigenvalue weighted by atomic mass is 10.2. The molecule has 0 saturated carbocycles. The highest BCUT2D eigenvalue weighted by molar-refractivity contribution is 9.10. The second-order valence-corrected chi connectivity index (χ2v) is 3.95. The van der Waals surface area contributed by atoms with E-state index in [-0.39, 0.29) is 0 Å². The molecule has 1 aromatic carbocycles. The topological polar surface area (TPSA) is 4.93 Å². The van der Waals surface area contributed by atoms with Crippen LogP contribution in [0.1, 0.15) is 5.69 Å². The van der Waals surface area contributed by atoms with Gasteiger partial charge in [-0.25, -0.2) is 0 Å². The van der Waals surface area contributed by atoms with E-state index in [2.05, 4.69) is 51.3 Å². The van der Waals surface area contributed by atoms with Gasteiger partial charge >= 0.3 is 0 Å². The van der Waals surface area contributed by atoms with Gasteiger partial charge in [-0.2, -0.15) is 0 Å². The Morgan fingerprint density at radius 3 is 2.85 bits per heavy atom. The van der Waals surface area contributed by atoms with E-state index < -0.39 is 0 Å². The molecular formula is C11H10BrN. The van der Waals surface area contributed by atoms with Crippen molar-refractivity contribution in [2.45, 2.75) is 0 Å². The quantitative estimate of drug-likeness (QED) is 0.713. The molecule has 0 aliphatic heterocycles. The van der Waals surface area contributed by atoms with Gasteiger partial charge in [0.15, 0.2) is 0 Å². The third-order valence-electron chi connectivity index (χ3n) is 2.25. The van der Waals surface area contributed by atoms with Crippen LogP contribution in [0.25, 0.3) is 17.0 Å². The molecule has 0 N–H and O–H groups in total. The van der Waals surface area contributed by atoms with Crippen LogP contribution in [0.5, 0.6) is 0 Å². The van der Waals surface area contributed by atoms with Crippen LogP contribution in [0.15, 0.2) is 35.3 Å². The van der Waals surface area contributed by atoms with Gasteiger partial charge in [-0.05, 0) is 30.3 Å². The lowest BCUT2D eigenvalue weighted by Gasteiger charge is -1.98. The van der Waals surface area contributed by atoms with Crippen molar-refractivity contribution in [1.29, 1.82) is 0 Å². The molecule has 0 atom stereocenters. The number of halogens is 1. The van der Waals surface area contributed by atoms with Gasteiger partial charge in [-0.3, -0.25) is 0 Å². The fraction of sp³-hybridized carbons (Fsp3) is 0.0909. The van der Waals surface area contributed by atoms with Crippen LogP contribution in [-0.4, -0.2) is 4.57 Å². The third-order valence-corrected chi connectivity index (χ3v) is 2.74. The maximum absolute atomic E-state index is 3.78. The molecule has 2 rings (SSSR count). The molecule has 66 valence electrons. The van der Waals surface area contributed by atoms with Crippen molar-refractivity contribution in [3.05, 3.63) is 41.0 Å². The van der Waals surface area contributed by atoms with Crippen LogP contribution in [0, 0.1) is 0 Å². The van der Waals surface area contributed by atoms with Crippen LogP contribution in [0.2, 0.25) is 0 Å². The SMILES string of the molecule is C=Cc1cc2cc(Br)ccc2n1C. The number of hydrogen-bond donors (Lipinski definition) is 0. The highest BCUT2D eigenvalue weighted by atomic mass is 79.9. The van der Waals surface area contributed by atoms with Crippen molar-refractivity contribution in [2.24, 2.45) is 7.05 Å². The standard InChI is InChI=1S/C11H10BrN/c1-3-10-7-8-6-9(12)4-5-11(8)13(10)2/h3-7H,1H2,2H3. The van der Waals surface area contributed by atoms with E-state index in [9.17, 15) is 0 Å². The minimum absolute atomic E-state index is 1.11. The van der Waals surface area contributed by atoms with Crippen molar-refractivity contribution in [2.75, 3.05) is 0 Å². The molecule has 1 aromatic heterocycles. The monoisotopic (exact) mass is 235 g/mol. The molecule has 1 nitrogen and oxygen atoms in total. The summed E-state index contributed by atoms with van der Waals surface area (Å²) < 4.78 is 3.25. The van der Waals surface area contributed by atoms with Gasteiger partial charge in [0.05, 0.1) is 0 Å². The summed E-state index contributed by atoms with van der Waals surface area (Å²) in [6, 6.07) is 8.40. The normalized spacial score (nSPS) is 10.6. The van der Waals surface area contributed by atoms with Crippen LogP contribution in [-0.2, 0) is 7.05 Å². The molecule has 0 unspecified atom stereocenters. The molecule has 13 heavy (non-hydrogen) atoms. The summed E-state index contributed by atoms with van der Waals surface area (Å²) in [7, 11) is 2.05. The first-order chi connectivity index (χ1) is 6.22. The molecule has 0 bridgehead atoms. The smallest absolute Gasteiger partial charge is 0.0483 e. The van der Waals surface area contributed by atoms with Gasteiger partial charge in [-0.1, -0.05) is 22.5 Å². The van der Waals surface area contributed by atoms with Gasteiger partial charge in [0.25, 0.3) is 0 Å². The van der Waals surface area contributed by atoms with Crippen LogP contribution in [0.3, 0.4) is 0 Å². The van der Waals surface area contributed by atoms with Gasteiger partial charge in [0, 0.05) is 28.1 Å². The van der Waals surface area contributed by atoms with E-state index in [1.54, 1.807) is 0 Å². The minimum Gasteiger partial charge on any atom is -0.344 e. The van der Waals surface area contributed by atoms with Gasteiger partial charge in [0.2, 0.25) is 0 Å². The Hall–Kier alpha value is -1.02. The fourth-order valence-electron chi connectivity index (χ4n) is 1.54. The maximum Gasteiger partial charge on any atom is 0.0483 e. The summed E-state index contributed by atoms with van der Waals surface area (Å²) in [5, 5.41) is 1.24. The van der Waals surface area contributed by atoms with Crippen molar-refractivity contribution in [3.63, 3.8) is 0 Å². The number of aromatic nitrogens is 1. The van der Waals surface area contributed by atoms with E-state index in [0.29, 0.717) is 0 Å². The summed E-state index contributed by atoms with van der Waals surface area (Å²) in [6.45, 7) is 3.78. The number of benzene rings is 1. The minimum atomic E-state index is 1.11. The summed E-state index contributed by atoms with van der Waals surface area (Å²) in [4.78, 5) is 0. The Bertz CT molecular complexity index is 468. The number of rotatable bonds is 1. The molecule has 0 radical (unpaired) electrons. The number of fused-ring (bicyclic) bond motifs is 1. The average molecular weight is 236 g/mol. The van der Waals surface area contributed by atoms with Crippen LogP contribution in [0.4, 0.5) is 0 Å². The van der Waals surface area contributed by atoms with E-state index in [0.717, 1.165) is 10.2 Å². The predicted octanol–water partition coefficient (Wildman–Crippen LogP) is 3.58. The highest BCUT2D eigenvalue weighted by Crippen LogP contribution is 2.23. The van der Waals surface area contributed by atoms with E-state index >= 15 is 0 Å². The average Bonchev–Trinajstić information content (AvgIpc) is 2.42. The largest absolute Gasteiger partial charge is 0.344 e. The molecule has 2 aromatic rings. The second kappa shape index (κ2) is 3.04. The molecule has 0 amide bonds. The lowest BCUT2D eigenvalue weighted by Crippen LogP contribution is -1.88.